The lowest BCUT2D eigenvalue weighted by Gasteiger charge is -2.17. The van der Waals surface area contributed by atoms with Crippen LogP contribution in [0, 0.1) is 12.3 Å². The van der Waals surface area contributed by atoms with Crippen molar-refractivity contribution < 1.29 is 23.8 Å². The highest BCUT2D eigenvalue weighted by Gasteiger charge is 2.40. The van der Waals surface area contributed by atoms with Crippen LogP contribution in [0.5, 0.6) is 0 Å². The zero-order valence-electron chi connectivity index (χ0n) is 15.1. The number of ether oxygens (including phenoxy) is 3. The first-order valence-corrected chi connectivity index (χ1v) is 8.30. The molecule has 11 heteroatoms. The van der Waals surface area contributed by atoms with Gasteiger partial charge in [-0.3, -0.25) is 14.2 Å². The van der Waals surface area contributed by atoms with Crippen LogP contribution in [-0.4, -0.2) is 55.1 Å². The van der Waals surface area contributed by atoms with Gasteiger partial charge in [-0.2, -0.15) is 10.1 Å². The summed E-state index contributed by atoms with van der Waals surface area (Å²) in [5, 5.41) is 3.92. The molecule has 1 aliphatic heterocycles. The summed E-state index contributed by atoms with van der Waals surface area (Å²) >= 11 is 0. The van der Waals surface area contributed by atoms with E-state index >= 15 is 0 Å². The number of terminal acetylenes is 1. The predicted octanol–water partition coefficient (Wildman–Crippen LogP) is -0.412. The van der Waals surface area contributed by atoms with Gasteiger partial charge in [-0.05, 0) is 0 Å². The molecule has 0 saturated carbocycles. The quantitative estimate of drug-likeness (QED) is 0.497. The van der Waals surface area contributed by atoms with Crippen molar-refractivity contribution in [3.63, 3.8) is 0 Å². The molecule has 2 aromatic rings. The van der Waals surface area contributed by atoms with Crippen molar-refractivity contribution >= 4 is 11.9 Å². The third kappa shape index (κ3) is 4.07. The highest BCUT2D eigenvalue weighted by molar-refractivity contribution is 5.66. The van der Waals surface area contributed by atoms with Gasteiger partial charge in [0.15, 0.2) is 5.82 Å². The molecular formula is C17H17N5O6. The van der Waals surface area contributed by atoms with Crippen LogP contribution < -0.4 is 5.69 Å². The Hall–Kier alpha value is -3.52. The van der Waals surface area contributed by atoms with Crippen LogP contribution in [-0.2, 0) is 23.8 Å². The van der Waals surface area contributed by atoms with E-state index in [9.17, 15) is 14.4 Å². The van der Waals surface area contributed by atoms with E-state index < -0.39 is 36.1 Å². The van der Waals surface area contributed by atoms with E-state index in [0.717, 1.165) is 0 Å². The topological polar surface area (TPSA) is 127 Å². The van der Waals surface area contributed by atoms with Crippen LogP contribution in [0.25, 0.3) is 5.82 Å². The molecule has 11 nitrogen and oxygen atoms in total. The predicted molar refractivity (Wildman–Crippen MR) is 92.1 cm³/mol. The monoisotopic (exact) mass is 387 g/mol. The molecule has 0 aromatic carbocycles. The Morgan fingerprint density at radius 2 is 2.18 bits per heavy atom. The van der Waals surface area contributed by atoms with E-state index in [2.05, 4.69) is 21.0 Å². The van der Waals surface area contributed by atoms with Crippen molar-refractivity contribution in [2.45, 2.75) is 38.7 Å². The number of nitrogens with zero attached hydrogens (tertiary/aromatic N) is 5. The number of rotatable bonds is 5. The first kappa shape index (κ1) is 19.2. The van der Waals surface area contributed by atoms with Crippen molar-refractivity contribution in [2.24, 2.45) is 0 Å². The van der Waals surface area contributed by atoms with Crippen LogP contribution >= 0.6 is 0 Å². The Morgan fingerprint density at radius 1 is 1.39 bits per heavy atom. The zero-order chi connectivity index (χ0) is 20.3. The highest BCUT2D eigenvalue weighted by Crippen LogP contribution is 2.30. The summed E-state index contributed by atoms with van der Waals surface area (Å²) in [6.07, 6.45) is 7.55. The molecule has 3 heterocycles. The average Bonchev–Trinajstić information content (AvgIpc) is 3.29. The van der Waals surface area contributed by atoms with Crippen molar-refractivity contribution in [3.8, 4) is 18.2 Å². The molecule has 0 bridgehead atoms. The lowest BCUT2D eigenvalue weighted by molar-refractivity contribution is -0.155. The molecule has 2 aromatic heterocycles. The van der Waals surface area contributed by atoms with Gasteiger partial charge in [0.25, 0.3) is 0 Å². The minimum atomic E-state index is -0.804. The highest BCUT2D eigenvalue weighted by atomic mass is 16.6. The Labute approximate surface area is 159 Å². The fraction of sp³-hybridized carbons (Fsp3) is 0.412. The third-order valence-corrected chi connectivity index (χ3v) is 3.98. The fourth-order valence-corrected chi connectivity index (χ4v) is 2.82. The van der Waals surface area contributed by atoms with E-state index in [0.29, 0.717) is 5.56 Å². The molecule has 0 N–H and O–H groups in total. The first-order valence-electron chi connectivity index (χ1n) is 8.30. The van der Waals surface area contributed by atoms with Gasteiger partial charge in [0, 0.05) is 26.5 Å². The van der Waals surface area contributed by atoms with Gasteiger partial charge in [0.1, 0.15) is 37.7 Å². The fourth-order valence-electron chi connectivity index (χ4n) is 2.82. The maximum atomic E-state index is 12.5. The standard InChI is InChI=1S/C17H17N5O6/c1-4-12-6-21(17(25)20-16(12)22-9-18-8-19-22)15-5-13(27-11(3)24)14(28-15)7-26-10(2)23/h1,6,8-9,13-15H,5,7H2,2-3H3/t13-,14+,15+/m0/s1. The SMILES string of the molecule is C#Cc1cn([C@H]2C[C@H](OC(C)=O)[C@@H](COC(C)=O)O2)c(=O)nc1-n1cncn1. The molecule has 1 aliphatic rings. The molecule has 0 amide bonds. The Morgan fingerprint density at radius 3 is 2.79 bits per heavy atom. The van der Waals surface area contributed by atoms with Gasteiger partial charge >= 0.3 is 17.6 Å². The number of aromatic nitrogens is 5. The van der Waals surface area contributed by atoms with E-state index in [-0.39, 0.29) is 18.8 Å². The van der Waals surface area contributed by atoms with Gasteiger partial charge in [-0.1, -0.05) is 5.92 Å². The van der Waals surface area contributed by atoms with Crippen molar-refractivity contribution in [1.82, 2.24) is 24.3 Å². The van der Waals surface area contributed by atoms with E-state index in [1.54, 1.807) is 0 Å². The molecule has 146 valence electrons. The van der Waals surface area contributed by atoms with Crippen molar-refractivity contribution in [3.05, 3.63) is 34.9 Å². The normalized spacial score (nSPS) is 21.1. The number of hydrogen-bond acceptors (Lipinski definition) is 9. The summed E-state index contributed by atoms with van der Waals surface area (Å²) < 4.78 is 18.5. The number of hydrogen-bond donors (Lipinski definition) is 0. The summed E-state index contributed by atoms with van der Waals surface area (Å²) in [5.41, 5.74) is -0.342. The number of carbonyl (C=O) groups is 2. The third-order valence-electron chi connectivity index (χ3n) is 3.98. The minimum absolute atomic E-state index is 0.120. The zero-order valence-corrected chi connectivity index (χ0v) is 15.1. The first-order chi connectivity index (χ1) is 13.4. The maximum absolute atomic E-state index is 12.5. The van der Waals surface area contributed by atoms with Gasteiger partial charge in [-0.25, -0.2) is 14.5 Å². The van der Waals surface area contributed by atoms with Crippen LogP contribution in [0.2, 0.25) is 0 Å². The molecule has 1 saturated heterocycles. The summed E-state index contributed by atoms with van der Waals surface area (Å²) in [4.78, 5) is 42.8. The lowest BCUT2D eigenvalue weighted by Crippen LogP contribution is -2.31. The second kappa shape index (κ2) is 8.01. The Kier molecular flexibility index (Phi) is 5.51. The summed E-state index contributed by atoms with van der Waals surface area (Å²) in [5.74, 6) is 1.59. The molecule has 3 rings (SSSR count). The van der Waals surface area contributed by atoms with Crippen LogP contribution in [0.4, 0.5) is 0 Å². The number of esters is 2. The largest absolute Gasteiger partial charge is 0.463 e. The van der Waals surface area contributed by atoms with Crippen molar-refractivity contribution in [1.29, 1.82) is 0 Å². The maximum Gasteiger partial charge on any atom is 0.351 e. The summed E-state index contributed by atoms with van der Waals surface area (Å²) in [6, 6.07) is 0. The second-order valence-corrected chi connectivity index (χ2v) is 5.97. The van der Waals surface area contributed by atoms with E-state index in [1.165, 1.54) is 41.9 Å². The van der Waals surface area contributed by atoms with Crippen LogP contribution in [0.3, 0.4) is 0 Å². The van der Waals surface area contributed by atoms with E-state index in [1.807, 2.05) is 0 Å². The number of carbonyl (C=O) groups excluding carboxylic acids is 2. The van der Waals surface area contributed by atoms with Crippen LogP contribution in [0.15, 0.2) is 23.6 Å². The lowest BCUT2D eigenvalue weighted by atomic mass is 10.2. The molecule has 1 fully saturated rings. The smallest absolute Gasteiger partial charge is 0.351 e. The Bertz CT molecular complexity index is 977. The van der Waals surface area contributed by atoms with Gasteiger partial charge in [0.2, 0.25) is 0 Å². The second-order valence-electron chi connectivity index (χ2n) is 5.97. The van der Waals surface area contributed by atoms with Gasteiger partial charge < -0.3 is 14.2 Å². The molecule has 0 radical (unpaired) electrons. The van der Waals surface area contributed by atoms with Crippen molar-refractivity contribution in [2.75, 3.05) is 6.61 Å². The molecule has 0 unspecified atom stereocenters. The molecule has 0 spiro atoms. The minimum Gasteiger partial charge on any atom is -0.463 e. The molecule has 3 atom stereocenters. The molecular weight excluding hydrogens is 370 g/mol. The van der Waals surface area contributed by atoms with Gasteiger partial charge in [-0.15, -0.1) is 6.42 Å². The molecule has 28 heavy (non-hydrogen) atoms. The molecule has 0 aliphatic carbocycles. The van der Waals surface area contributed by atoms with E-state index in [4.69, 9.17) is 20.6 Å². The van der Waals surface area contributed by atoms with Crippen LogP contribution in [0.1, 0.15) is 32.1 Å². The average molecular weight is 387 g/mol. The summed E-state index contributed by atoms with van der Waals surface area (Å²) in [6.45, 7) is 2.39. The Balaban J connectivity index is 1.90. The van der Waals surface area contributed by atoms with Gasteiger partial charge in [0.05, 0.1) is 5.56 Å². The summed E-state index contributed by atoms with van der Waals surface area (Å²) in [7, 11) is 0.